The van der Waals surface area contributed by atoms with Gasteiger partial charge in [-0.15, -0.1) is 5.92 Å². The molecule has 1 aliphatic carbocycles. The van der Waals surface area contributed by atoms with Crippen LogP contribution < -0.4 is 0 Å². The van der Waals surface area contributed by atoms with E-state index >= 15 is 0 Å². The zero-order valence-electron chi connectivity index (χ0n) is 7.14. The zero-order chi connectivity index (χ0) is 8.10. The molecular formula is C10H16O. The highest BCUT2D eigenvalue weighted by Gasteiger charge is 2.12. The van der Waals surface area contributed by atoms with Crippen LogP contribution in [-0.2, 0) is 0 Å². The molecule has 0 spiro atoms. The van der Waals surface area contributed by atoms with E-state index < -0.39 is 6.10 Å². The van der Waals surface area contributed by atoms with Gasteiger partial charge < -0.3 is 5.11 Å². The molecule has 0 bridgehead atoms. The minimum atomic E-state index is -0.448. The summed E-state index contributed by atoms with van der Waals surface area (Å²) in [5.41, 5.74) is 0. The van der Waals surface area contributed by atoms with E-state index in [2.05, 4.69) is 11.8 Å². The molecule has 0 amide bonds. The van der Waals surface area contributed by atoms with Gasteiger partial charge in [-0.05, 0) is 25.7 Å². The maximum absolute atomic E-state index is 8.85. The Kier molecular flexibility index (Phi) is 3.45. The average Bonchev–Trinajstić information content (AvgIpc) is 2.39. The largest absolute Gasteiger partial charge is 0.381 e. The van der Waals surface area contributed by atoms with Gasteiger partial charge >= 0.3 is 0 Å². The van der Waals surface area contributed by atoms with Gasteiger partial charge in [0.05, 0.1) is 0 Å². The second-order valence-corrected chi connectivity index (χ2v) is 3.35. The van der Waals surface area contributed by atoms with Crippen LogP contribution in [0.4, 0.5) is 0 Å². The van der Waals surface area contributed by atoms with Gasteiger partial charge in [0, 0.05) is 6.42 Å². The van der Waals surface area contributed by atoms with Crippen LogP contribution in [0.3, 0.4) is 0 Å². The molecule has 1 rings (SSSR count). The average molecular weight is 152 g/mol. The van der Waals surface area contributed by atoms with E-state index in [1.54, 1.807) is 6.92 Å². The predicted molar refractivity (Wildman–Crippen MR) is 46.0 cm³/mol. The van der Waals surface area contributed by atoms with Crippen LogP contribution >= 0.6 is 0 Å². The molecule has 0 heterocycles. The molecule has 1 unspecified atom stereocenters. The molecule has 0 aromatic rings. The third-order valence-electron chi connectivity index (χ3n) is 2.18. The first kappa shape index (κ1) is 8.62. The van der Waals surface area contributed by atoms with Crippen molar-refractivity contribution in [3.63, 3.8) is 0 Å². The molecule has 0 saturated heterocycles. The van der Waals surface area contributed by atoms with Gasteiger partial charge in [0.2, 0.25) is 0 Å². The van der Waals surface area contributed by atoms with Crippen LogP contribution in [0.2, 0.25) is 0 Å². The Morgan fingerprint density at radius 2 is 2.09 bits per heavy atom. The summed E-state index contributed by atoms with van der Waals surface area (Å²) in [7, 11) is 0. The van der Waals surface area contributed by atoms with Gasteiger partial charge in [-0.25, -0.2) is 0 Å². The van der Waals surface area contributed by atoms with Crippen molar-refractivity contribution in [3.8, 4) is 11.8 Å². The van der Waals surface area contributed by atoms with Crippen LogP contribution in [0.5, 0.6) is 0 Å². The second kappa shape index (κ2) is 4.41. The molecule has 11 heavy (non-hydrogen) atoms. The maximum atomic E-state index is 8.85. The van der Waals surface area contributed by atoms with Crippen molar-refractivity contribution in [1.29, 1.82) is 0 Å². The summed E-state index contributed by atoms with van der Waals surface area (Å²) in [5, 5.41) is 8.85. The fourth-order valence-corrected chi connectivity index (χ4v) is 1.57. The lowest BCUT2D eigenvalue weighted by molar-refractivity contribution is 0.253. The molecule has 1 atom stereocenters. The Bertz CT molecular complexity index is 155. The smallest absolute Gasteiger partial charge is 0.111 e. The highest BCUT2D eigenvalue weighted by atomic mass is 16.3. The van der Waals surface area contributed by atoms with Crippen LogP contribution in [0.1, 0.15) is 39.0 Å². The normalized spacial score (nSPS) is 20.9. The summed E-state index contributed by atoms with van der Waals surface area (Å²) in [4.78, 5) is 0. The quantitative estimate of drug-likeness (QED) is 0.569. The molecule has 0 aromatic heterocycles. The van der Waals surface area contributed by atoms with Gasteiger partial charge in [-0.2, -0.15) is 0 Å². The summed E-state index contributed by atoms with van der Waals surface area (Å²) < 4.78 is 0. The first-order valence-electron chi connectivity index (χ1n) is 4.45. The van der Waals surface area contributed by atoms with Gasteiger partial charge in [0.25, 0.3) is 0 Å². The molecule has 1 nitrogen and oxygen atoms in total. The molecular weight excluding hydrogens is 136 g/mol. The fourth-order valence-electron chi connectivity index (χ4n) is 1.57. The summed E-state index contributed by atoms with van der Waals surface area (Å²) in [5.74, 6) is 6.63. The van der Waals surface area contributed by atoms with E-state index in [0.29, 0.717) is 0 Å². The van der Waals surface area contributed by atoms with Crippen LogP contribution in [0.25, 0.3) is 0 Å². The molecule has 62 valence electrons. The molecule has 0 aliphatic heterocycles. The van der Waals surface area contributed by atoms with Gasteiger partial charge in [0.15, 0.2) is 0 Å². The molecule has 1 aliphatic rings. The van der Waals surface area contributed by atoms with Crippen molar-refractivity contribution >= 4 is 0 Å². The van der Waals surface area contributed by atoms with E-state index in [0.717, 1.165) is 12.3 Å². The maximum Gasteiger partial charge on any atom is 0.111 e. The zero-order valence-corrected chi connectivity index (χ0v) is 7.14. The van der Waals surface area contributed by atoms with E-state index in [1.165, 1.54) is 25.7 Å². The van der Waals surface area contributed by atoms with E-state index in [-0.39, 0.29) is 0 Å². The van der Waals surface area contributed by atoms with Crippen molar-refractivity contribution in [2.24, 2.45) is 5.92 Å². The first-order chi connectivity index (χ1) is 5.29. The monoisotopic (exact) mass is 152 g/mol. The van der Waals surface area contributed by atoms with E-state index in [9.17, 15) is 0 Å². The Morgan fingerprint density at radius 3 is 2.64 bits per heavy atom. The summed E-state index contributed by atoms with van der Waals surface area (Å²) >= 11 is 0. The number of hydrogen-bond donors (Lipinski definition) is 1. The van der Waals surface area contributed by atoms with Gasteiger partial charge in [-0.1, -0.05) is 18.8 Å². The fraction of sp³-hybridized carbons (Fsp3) is 0.800. The highest BCUT2D eigenvalue weighted by Crippen LogP contribution is 2.26. The lowest BCUT2D eigenvalue weighted by Gasteiger charge is -2.00. The van der Waals surface area contributed by atoms with Crippen molar-refractivity contribution in [2.45, 2.75) is 45.1 Å². The number of rotatable bonds is 1. The first-order valence-corrected chi connectivity index (χ1v) is 4.45. The Labute approximate surface area is 68.8 Å². The highest BCUT2D eigenvalue weighted by molar-refractivity contribution is 5.04. The van der Waals surface area contributed by atoms with Crippen molar-refractivity contribution in [3.05, 3.63) is 0 Å². The lowest BCUT2D eigenvalue weighted by Crippen LogP contribution is -1.94. The topological polar surface area (TPSA) is 20.2 Å². The van der Waals surface area contributed by atoms with Crippen LogP contribution in [-0.4, -0.2) is 11.2 Å². The minimum Gasteiger partial charge on any atom is -0.381 e. The number of hydrogen-bond acceptors (Lipinski definition) is 1. The third-order valence-corrected chi connectivity index (χ3v) is 2.18. The predicted octanol–water partition coefficient (Wildman–Crippen LogP) is 1.95. The van der Waals surface area contributed by atoms with Gasteiger partial charge in [-0.3, -0.25) is 0 Å². The Morgan fingerprint density at radius 1 is 1.45 bits per heavy atom. The summed E-state index contributed by atoms with van der Waals surface area (Å²) in [6, 6.07) is 0. The number of aliphatic hydroxyl groups is 1. The van der Waals surface area contributed by atoms with Gasteiger partial charge in [0.1, 0.15) is 6.10 Å². The Hall–Kier alpha value is -0.480. The molecule has 1 heteroatoms. The summed E-state index contributed by atoms with van der Waals surface area (Å²) in [6.45, 7) is 1.71. The molecule has 1 N–H and O–H groups in total. The third kappa shape index (κ3) is 3.43. The SMILES string of the molecule is CC(O)C#CCC1CCCC1. The van der Waals surface area contributed by atoms with Crippen molar-refractivity contribution in [1.82, 2.24) is 0 Å². The minimum absolute atomic E-state index is 0.448. The standard InChI is InChI=1S/C10H16O/c1-9(11)5-4-8-10-6-2-3-7-10/h9-11H,2-3,6-8H2,1H3. The Balaban J connectivity index is 2.16. The van der Waals surface area contributed by atoms with E-state index in [4.69, 9.17) is 5.11 Å². The second-order valence-electron chi connectivity index (χ2n) is 3.35. The lowest BCUT2D eigenvalue weighted by atomic mass is 10.0. The molecule has 1 fully saturated rings. The number of aliphatic hydroxyl groups excluding tert-OH is 1. The van der Waals surface area contributed by atoms with Crippen LogP contribution in [0, 0.1) is 17.8 Å². The summed E-state index contributed by atoms with van der Waals surface area (Å²) in [6.07, 6.45) is 5.98. The van der Waals surface area contributed by atoms with Crippen molar-refractivity contribution in [2.75, 3.05) is 0 Å². The molecule has 1 saturated carbocycles. The van der Waals surface area contributed by atoms with Crippen molar-refractivity contribution < 1.29 is 5.11 Å². The van der Waals surface area contributed by atoms with Crippen LogP contribution in [0.15, 0.2) is 0 Å². The van der Waals surface area contributed by atoms with E-state index in [1.807, 2.05) is 0 Å². The molecule has 0 aromatic carbocycles. The molecule has 0 radical (unpaired) electrons.